The van der Waals surface area contributed by atoms with Gasteiger partial charge in [-0.25, -0.2) is 24.0 Å². The van der Waals surface area contributed by atoms with Crippen molar-refractivity contribution < 1.29 is 23.5 Å². The molecule has 3 aromatic heterocycles. The van der Waals surface area contributed by atoms with Gasteiger partial charge in [0.1, 0.15) is 24.1 Å². The predicted molar refractivity (Wildman–Crippen MR) is 168 cm³/mol. The average molecular weight is 619 g/mol. The minimum absolute atomic E-state index is 0.0531. The van der Waals surface area contributed by atoms with Crippen molar-refractivity contribution >= 4 is 36.8 Å². The lowest BCUT2D eigenvalue weighted by Gasteiger charge is -2.27. The highest BCUT2D eigenvalue weighted by atomic mass is 28.3. The van der Waals surface area contributed by atoms with E-state index in [1.54, 1.807) is 47.0 Å². The summed E-state index contributed by atoms with van der Waals surface area (Å²) in [5, 5.41) is 5.49. The molecule has 0 bridgehead atoms. The standard InChI is InChI=1S/C32H39FN6O4Si/c1-7-43-25(40)15-14-24-26-30(38(31(41)32(26,2)3)20-42-17-18-44(4,5)6)36-28(35-24)27-22-12-10-16-34-29(22)39(37-27)19-21-11-8-9-13-23(21)33/h8-13,16H,7,14-15,17-20H2,1-6H3/q-1. The molecule has 4 heterocycles. The normalized spacial score (nSPS) is 14.3. The first-order valence-corrected chi connectivity index (χ1v) is 18.6. The Morgan fingerprint density at radius 3 is 2.59 bits per heavy atom. The second-order valence-corrected chi connectivity index (χ2v) is 18.3. The van der Waals surface area contributed by atoms with Crippen LogP contribution in [0.1, 0.15) is 44.0 Å². The molecule has 0 fully saturated rings. The molecule has 5 rings (SSSR count). The summed E-state index contributed by atoms with van der Waals surface area (Å²) in [7, 11) is -1.33. The van der Waals surface area contributed by atoms with Gasteiger partial charge >= 0.3 is 5.97 Å². The van der Waals surface area contributed by atoms with E-state index in [2.05, 4.69) is 24.6 Å². The van der Waals surface area contributed by atoms with Crippen LogP contribution in [-0.4, -0.2) is 64.6 Å². The highest BCUT2D eigenvalue weighted by Crippen LogP contribution is 2.43. The topological polar surface area (TPSA) is 112 Å². The van der Waals surface area contributed by atoms with Crippen molar-refractivity contribution in [3.05, 3.63) is 65.2 Å². The number of carbonyl (C=O) groups is 2. The fourth-order valence-electron chi connectivity index (χ4n) is 5.34. The van der Waals surface area contributed by atoms with E-state index in [1.165, 1.54) is 6.07 Å². The number of ether oxygens (including phenoxy) is 2. The molecule has 10 nitrogen and oxygen atoms in total. The fourth-order valence-corrected chi connectivity index (χ4v) is 6.09. The van der Waals surface area contributed by atoms with E-state index in [-0.39, 0.29) is 56.2 Å². The summed E-state index contributed by atoms with van der Waals surface area (Å²) in [5.74, 6) is -0.114. The molecule has 0 saturated heterocycles. The number of rotatable bonds is 12. The Morgan fingerprint density at radius 1 is 1.09 bits per heavy atom. The molecule has 4 aromatic rings. The number of carbonyl (C=O) groups excluding carboxylic acids is 2. The molecule has 0 atom stereocenters. The van der Waals surface area contributed by atoms with Gasteiger partial charge in [0.25, 0.3) is 0 Å². The number of nitrogens with zero attached hydrogens (tertiary/aromatic N) is 6. The van der Waals surface area contributed by atoms with Crippen molar-refractivity contribution in [1.29, 1.82) is 0 Å². The lowest BCUT2D eigenvalue weighted by Crippen LogP contribution is -2.38. The summed E-state index contributed by atoms with van der Waals surface area (Å²) in [6.07, 6.45) is 2.00. The van der Waals surface area contributed by atoms with Crippen molar-refractivity contribution in [1.82, 2.24) is 24.7 Å². The Kier molecular flexibility index (Phi) is 8.94. The zero-order chi connectivity index (χ0) is 31.6. The van der Waals surface area contributed by atoms with Gasteiger partial charge in [-0.2, -0.15) is 24.7 Å². The number of fused-ring (bicyclic) bond motifs is 2. The summed E-state index contributed by atoms with van der Waals surface area (Å²) in [4.78, 5) is 42.1. The van der Waals surface area contributed by atoms with E-state index < -0.39 is 13.5 Å². The maximum atomic E-state index is 14.6. The first-order valence-electron chi connectivity index (χ1n) is 14.9. The van der Waals surface area contributed by atoms with Crippen LogP contribution in [0.4, 0.5) is 10.2 Å². The van der Waals surface area contributed by atoms with E-state index in [0.717, 1.165) is 6.04 Å². The van der Waals surface area contributed by atoms with Crippen molar-refractivity contribution in [2.45, 2.75) is 71.3 Å². The van der Waals surface area contributed by atoms with Crippen LogP contribution in [0, 0.1) is 5.82 Å². The van der Waals surface area contributed by atoms with Crippen molar-refractivity contribution in [3.63, 3.8) is 0 Å². The number of hydrogen-bond donors (Lipinski definition) is 0. The Hall–Kier alpha value is -4.03. The molecule has 0 aliphatic carbocycles. The van der Waals surface area contributed by atoms with Crippen LogP contribution in [0.5, 0.6) is 0 Å². The zero-order valence-electron chi connectivity index (χ0n) is 26.2. The maximum absolute atomic E-state index is 14.6. The molecule has 233 valence electrons. The van der Waals surface area contributed by atoms with Gasteiger partial charge in [0.2, 0.25) is 5.91 Å². The highest BCUT2D eigenvalue weighted by molar-refractivity contribution is 6.76. The van der Waals surface area contributed by atoms with Crippen LogP contribution in [-0.2, 0) is 37.4 Å². The molecule has 0 unspecified atom stereocenters. The lowest BCUT2D eigenvalue weighted by molar-refractivity contribution is -0.143. The molecule has 0 radical (unpaired) electrons. The highest BCUT2D eigenvalue weighted by Gasteiger charge is 2.47. The van der Waals surface area contributed by atoms with Gasteiger partial charge in [0, 0.05) is 30.4 Å². The Balaban J connectivity index is 1.61. The molecule has 1 aliphatic heterocycles. The number of amides is 1. The minimum atomic E-state index is -1.33. The van der Waals surface area contributed by atoms with Gasteiger partial charge in [0.05, 0.1) is 36.1 Å². The molecular formula is C32H39FN6O4Si-. The number of benzene rings is 1. The Morgan fingerprint density at radius 2 is 1.86 bits per heavy atom. The number of aryl methyl sites for hydroxylation is 1. The van der Waals surface area contributed by atoms with Gasteiger partial charge in [-0.3, -0.25) is 14.5 Å². The molecule has 12 heteroatoms. The Bertz CT molecular complexity index is 1700. The number of esters is 1. The van der Waals surface area contributed by atoms with Crippen LogP contribution in [0.15, 0.2) is 42.6 Å². The maximum Gasteiger partial charge on any atom is 0.306 e. The van der Waals surface area contributed by atoms with Gasteiger partial charge in [-0.15, -0.1) is 14.1 Å². The van der Waals surface area contributed by atoms with Crippen LogP contribution in [0.2, 0.25) is 25.7 Å². The predicted octanol–water partition coefficient (Wildman–Crippen LogP) is 5.51. The van der Waals surface area contributed by atoms with Crippen molar-refractivity contribution in [2.24, 2.45) is 0 Å². The largest absolute Gasteiger partial charge is 0.466 e. The smallest absolute Gasteiger partial charge is 0.306 e. The number of aromatic nitrogens is 5. The third-order valence-corrected chi connectivity index (χ3v) is 9.41. The summed E-state index contributed by atoms with van der Waals surface area (Å²) in [5.41, 5.74) is 1.76. The van der Waals surface area contributed by atoms with Crippen LogP contribution in [0.3, 0.4) is 0 Å². The van der Waals surface area contributed by atoms with Crippen molar-refractivity contribution in [3.8, 4) is 11.5 Å². The Labute approximate surface area is 257 Å². The lowest BCUT2D eigenvalue weighted by atomic mass is 9.85. The fraction of sp³-hybridized carbons (Fsp3) is 0.438. The molecular weight excluding hydrogens is 579 g/mol. The second kappa shape index (κ2) is 12.5. The molecule has 1 amide bonds. The van der Waals surface area contributed by atoms with E-state index in [0.29, 0.717) is 46.0 Å². The average Bonchev–Trinajstić information content (AvgIpc) is 3.43. The van der Waals surface area contributed by atoms with Crippen molar-refractivity contribution in [2.75, 3.05) is 24.8 Å². The first kappa shape index (κ1) is 31.4. The molecule has 1 aromatic carbocycles. The summed E-state index contributed by atoms with van der Waals surface area (Å²) < 4.78 is 27.4. The number of anilines is 1. The first-order chi connectivity index (χ1) is 20.9. The minimum Gasteiger partial charge on any atom is -0.466 e. The van der Waals surface area contributed by atoms with E-state index >= 15 is 0 Å². The van der Waals surface area contributed by atoms with Gasteiger partial charge in [-0.05, 0) is 39.0 Å². The number of pyridine rings is 1. The van der Waals surface area contributed by atoms with Gasteiger partial charge in [0.15, 0.2) is 11.5 Å². The monoisotopic (exact) mass is 618 g/mol. The SMILES string of the molecule is CCOC(=O)CCc1nc(-c2nn(Cc3ccccc3F)c3ncccc23)nc2c1C(C)(C)C(=O)N2COCC[Si-](C)(C)C. The molecule has 44 heavy (non-hydrogen) atoms. The summed E-state index contributed by atoms with van der Waals surface area (Å²) >= 11 is 0. The van der Waals surface area contributed by atoms with E-state index in [9.17, 15) is 14.0 Å². The third-order valence-electron chi connectivity index (χ3n) is 7.71. The summed E-state index contributed by atoms with van der Waals surface area (Å²) in [6.45, 7) is 13.3. The molecule has 0 spiro atoms. The van der Waals surface area contributed by atoms with E-state index in [1.807, 2.05) is 19.9 Å². The molecule has 1 aliphatic rings. The van der Waals surface area contributed by atoms with Crippen LogP contribution >= 0.6 is 0 Å². The molecule has 0 saturated carbocycles. The zero-order valence-corrected chi connectivity index (χ0v) is 27.2. The van der Waals surface area contributed by atoms with E-state index in [4.69, 9.17) is 24.5 Å². The quantitative estimate of drug-likeness (QED) is 0.116. The number of halogens is 1. The third kappa shape index (κ3) is 6.41. The summed E-state index contributed by atoms with van der Waals surface area (Å²) in [6, 6.07) is 11.2. The van der Waals surface area contributed by atoms with Crippen LogP contribution in [0.25, 0.3) is 22.6 Å². The van der Waals surface area contributed by atoms with Gasteiger partial charge in [-0.1, -0.05) is 18.2 Å². The van der Waals surface area contributed by atoms with Gasteiger partial charge < -0.3 is 9.47 Å². The molecule has 0 N–H and O–H groups in total. The number of hydrogen-bond acceptors (Lipinski definition) is 8. The second-order valence-electron chi connectivity index (χ2n) is 12.7. The van der Waals surface area contributed by atoms with Crippen LogP contribution < -0.4 is 4.90 Å².